The van der Waals surface area contributed by atoms with Gasteiger partial charge in [-0.05, 0) is 38.5 Å². The Morgan fingerprint density at radius 3 is 2.44 bits per heavy atom. The van der Waals surface area contributed by atoms with Crippen molar-refractivity contribution >= 4 is 0 Å². The van der Waals surface area contributed by atoms with E-state index in [0.717, 1.165) is 25.7 Å². The molecule has 1 saturated carbocycles. The molecule has 1 aliphatic heterocycles. The van der Waals surface area contributed by atoms with Gasteiger partial charge in [0.25, 0.3) is 0 Å². The van der Waals surface area contributed by atoms with Crippen LogP contribution in [0.1, 0.15) is 53.4 Å². The van der Waals surface area contributed by atoms with Crippen LogP contribution in [0.4, 0.5) is 0 Å². The van der Waals surface area contributed by atoms with Crippen molar-refractivity contribution in [1.29, 1.82) is 0 Å². The van der Waals surface area contributed by atoms with Gasteiger partial charge in [0.2, 0.25) is 0 Å². The number of aliphatic hydroxyl groups is 2. The zero-order valence-corrected chi connectivity index (χ0v) is 10.8. The Bertz CT molecular complexity index is 287. The second kappa shape index (κ2) is 3.44. The summed E-state index contributed by atoms with van der Waals surface area (Å²) in [5.74, 6) is 0. The Labute approximate surface area is 97.8 Å². The quantitative estimate of drug-likeness (QED) is 0.725. The van der Waals surface area contributed by atoms with Crippen LogP contribution in [-0.2, 0) is 4.74 Å². The van der Waals surface area contributed by atoms with Gasteiger partial charge in [-0.3, -0.25) is 0 Å². The molecule has 0 bridgehead atoms. The van der Waals surface area contributed by atoms with E-state index >= 15 is 0 Å². The molecule has 2 N–H and O–H groups in total. The first-order chi connectivity index (χ1) is 7.22. The minimum absolute atomic E-state index is 0.00565. The minimum atomic E-state index is -0.273. The van der Waals surface area contributed by atoms with E-state index in [1.165, 1.54) is 0 Å². The Morgan fingerprint density at radius 2 is 1.94 bits per heavy atom. The zero-order valence-electron chi connectivity index (χ0n) is 10.8. The Hall–Kier alpha value is -0.120. The fourth-order valence-electron chi connectivity index (χ4n) is 3.76. The van der Waals surface area contributed by atoms with Crippen LogP contribution in [0.5, 0.6) is 0 Å². The monoisotopic (exact) mass is 228 g/mol. The van der Waals surface area contributed by atoms with Crippen LogP contribution in [-0.4, -0.2) is 33.6 Å². The van der Waals surface area contributed by atoms with Crippen LogP contribution in [0.3, 0.4) is 0 Å². The summed E-state index contributed by atoms with van der Waals surface area (Å²) in [5, 5.41) is 19.3. The molecule has 3 heteroatoms. The number of rotatable bonds is 3. The van der Waals surface area contributed by atoms with Gasteiger partial charge in [0, 0.05) is 6.42 Å². The predicted octanol–water partition coefficient (Wildman–Crippen LogP) is 1.86. The first kappa shape index (κ1) is 12.3. The van der Waals surface area contributed by atoms with Gasteiger partial charge in [0.15, 0.2) is 0 Å². The highest BCUT2D eigenvalue weighted by atomic mass is 16.6. The van der Waals surface area contributed by atoms with Crippen molar-refractivity contribution in [3.8, 4) is 0 Å². The summed E-state index contributed by atoms with van der Waals surface area (Å²) in [6.45, 7) is 8.26. The van der Waals surface area contributed by atoms with Crippen LogP contribution in [0.2, 0.25) is 0 Å². The summed E-state index contributed by atoms with van der Waals surface area (Å²) >= 11 is 0. The van der Waals surface area contributed by atoms with E-state index in [9.17, 15) is 10.2 Å². The van der Waals surface area contributed by atoms with E-state index in [4.69, 9.17) is 4.74 Å². The second-order valence-electron chi connectivity index (χ2n) is 6.49. The molecular weight excluding hydrogens is 204 g/mol. The SMILES string of the molecule is CC(O)CCC12OC1(C)CC(O)CC2(C)C. The standard InChI is InChI=1S/C13H24O3/c1-9(14)5-6-13-11(2,3)7-10(15)8-12(13,4)16-13/h9-10,14-15H,5-8H2,1-4H3. The van der Waals surface area contributed by atoms with Crippen LogP contribution in [0.25, 0.3) is 0 Å². The molecule has 1 heterocycles. The topological polar surface area (TPSA) is 53.0 Å². The van der Waals surface area contributed by atoms with Crippen molar-refractivity contribution in [2.24, 2.45) is 5.41 Å². The highest BCUT2D eigenvalue weighted by Crippen LogP contribution is 2.67. The van der Waals surface area contributed by atoms with Crippen molar-refractivity contribution in [1.82, 2.24) is 0 Å². The summed E-state index contributed by atoms with van der Waals surface area (Å²) < 4.78 is 6.02. The lowest BCUT2D eigenvalue weighted by Crippen LogP contribution is -2.47. The third-order valence-electron chi connectivity index (χ3n) is 4.59. The van der Waals surface area contributed by atoms with Gasteiger partial charge < -0.3 is 14.9 Å². The summed E-state index contributed by atoms with van der Waals surface area (Å²) in [5.41, 5.74) is -0.312. The van der Waals surface area contributed by atoms with E-state index in [-0.39, 0.29) is 28.8 Å². The van der Waals surface area contributed by atoms with E-state index < -0.39 is 0 Å². The lowest BCUT2D eigenvalue weighted by molar-refractivity contribution is 0.0256. The van der Waals surface area contributed by atoms with Gasteiger partial charge in [-0.2, -0.15) is 0 Å². The number of epoxide rings is 1. The molecule has 16 heavy (non-hydrogen) atoms. The molecule has 2 rings (SSSR count). The van der Waals surface area contributed by atoms with E-state index in [2.05, 4.69) is 20.8 Å². The smallest absolute Gasteiger partial charge is 0.103 e. The number of hydrogen-bond acceptors (Lipinski definition) is 3. The molecular formula is C13H24O3. The van der Waals surface area contributed by atoms with Crippen molar-refractivity contribution in [3.05, 3.63) is 0 Å². The van der Waals surface area contributed by atoms with Crippen LogP contribution >= 0.6 is 0 Å². The molecule has 0 amide bonds. The van der Waals surface area contributed by atoms with Gasteiger partial charge in [-0.25, -0.2) is 0 Å². The zero-order chi connectivity index (χ0) is 12.2. The number of ether oxygens (including phenoxy) is 1. The van der Waals surface area contributed by atoms with Gasteiger partial charge in [0.05, 0.1) is 17.8 Å². The molecule has 1 aliphatic carbocycles. The fourth-order valence-corrected chi connectivity index (χ4v) is 3.76. The first-order valence-electron chi connectivity index (χ1n) is 6.29. The molecule has 0 radical (unpaired) electrons. The number of fused-ring (bicyclic) bond motifs is 1. The fraction of sp³-hybridized carbons (Fsp3) is 1.00. The summed E-state index contributed by atoms with van der Waals surface area (Å²) in [7, 11) is 0. The molecule has 3 nitrogen and oxygen atoms in total. The number of hydrogen-bond donors (Lipinski definition) is 2. The van der Waals surface area contributed by atoms with Gasteiger partial charge in [0.1, 0.15) is 5.60 Å². The maximum atomic E-state index is 9.87. The normalized spacial score (nSPS) is 47.2. The van der Waals surface area contributed by atoms with Gasteiger partial charge in [-0.15, -0.1) is 0 Å². The summed E-state index contributed by atoms with van der Waals surface area (Å²) in [6, 6.07) is 0. The Kier molecular flexibility index (Phi) is 2.65. The van der Waals surface area contributed by atoms with Gasteiger partial charge in [-0.1, -0.05) is 13.8 Å². The molecule has 4 unspecified atom stereocenters. The molecule has 94 valence electrons. The van der Waals surface area contributed by atoms with Crippen LogP contribution in [0.15, 0.2) is 0 Å². The number of aliphatic hydroxyl groups excluding tert-OH is 2. The lowest BCUT2D eigenvalue weighted by atomic mass is 9.61. The Balaban J connectivity index is 2.14. The highest BCUT2D eigenvalue weighted by Gasteiger charge is 2.75. The molecule has 4 atom stereocenters. The second-order valence-corrected chi connectivity index (χ2v) is 6.49. The van der Waals surface area contributed by atoms with E-state index in [1.807, 2.05) is 6.92 Å². The third-order valence-corrected chi connectivity index (χ3v) is 4.59. The molecule has 2 fully saturated rings. The summed E-state index contributed by atoms with van der Waals surface area (Å²) in [6.07, 6.45) is 2.67. The maximum Gasteiger partial charge on any atom is 0.103 e. The molecule has 2 aliphatic rings. The highest BCUT2D eigenvalue weighted by molar-refractivity contribution is 5.23. The lowest BCUT2D eigenvalue weighted by Gasteiger charge is -2.40. The van der Waals surface area contributed by atoms with E-state index in [0.29, 0.717) is 0 Å². The molecule has 0 aromatic heterocycles. The van der Waals surface area contributed by atoms with Crippen molar-refractivity contribution in [3.63, 3.8) is 0 Å². The molecule has 0 aromatic rings. The van der Waals surface area contributed by atoms with E-state index in [1.54, 1.807) is 0 Å². The average Bonchev–Trinajstić information content (AvgIpc) is 2.67. The van der Waals surface area contributed by atoms with Crippen molar-refractivity contribution in [2.75, 3.05) is 0 Å². The third kappa shape index (κ3) is 1.60. The molecule has 1 saturated heterocycles. The largest absolute Gasteiger partial charge is 0.393 e. The molecule has 0 aromatic carbocycles. The van der Waals surface area contributed by atoms with Crippen LogP contribution in [0, 0.1) is 5.41 Å². The summed E-state index contributed by atoms with van der Waals surface area (Å²) in [4.78, 5) is 0. The van der Waals surface area contributed by atoms with Gasteiger partial charge >= 0.3 is 0 Å². The van der Waals surface area contributed by atoms with Crippen molar-refractivity contribution in [2.45, 2.75) is 76.8 Å². The molecule has 0 spiro atoms. The van der Waals surface area contributed by atoms with Crippen LogP contribution < -0.4 is 0 Å². The Morgan fingerprint density at radius 1 is 1.31 bits per heavy atom. The maximum absolute atomic E-state index is 9.87. The first-order valence-corrected chi connectivity index (χ1v) is 6.29. The predicted molar refractivity (Wildman–Crippen MR) is 62.2 cm³/mol. The average molecular weight is 228 g/mol. The minimum Gasteiger partial charge on any atom is -0.393 e. The van der Waals surface area contributed by atoms with Crippen molar-refractivity contribution < 1.29 is 14.9 Å².